The summed E-state index contributed by atoms with van der Waals surface area (Å²) in [6, 6.07) is 6.24. The molecule has 292 valence electrons. The number of nitrogens with one attached hydrogen (secondary N) is 1. The van der Waals surface area contributed by atoms with Crippen molar-refractivity contribution in [2.24, 2.45) is 0 Å². The number of aromatic nitrogens is 2. The number of nitrogen functional groups attached to an aromatic ring is 1. The summed E-state index contributed by atoms with van der Waals surface area (Å²) in [5.41, 5.74) is 2.80. The van der Waals surface area contributed by atoms with Gasteiger partial charge in [0.1, 0.15) is 35.4 Å². The van der Waals surface area contributed by atoms with Crippen LogP contribution in [0.2, 0.25) is 5.02 Å². The van der Waals surface area contributed by atoms with Crippen molar-refractivity contribution in [1.82, 2.24) is 14.6 Å². The normalized spacial score (nSPS) is 22.0. The molecule has 0 bridgehead atoms. The lowest BCUT2D eigenvalue weighted by Gasteiger charge is -2.27. The predicted molar refractivity (Wildman–Crippen MR) is 202 cm³/mol. The van der Waals surface area contributed by atoms with Gasteiger partial charge in [-0.2, -0.15) is 10.1 Å². The van der Waals surface area contributed by atoms with Crippen LogP contribution in [0, 0.1) is 0 Å². The summed E-state index contributed by atoms with van der Waals surface area (Å²) in [5, 5.41) is 25.0. The number of aliphatic hydroxyl groups is 2. The molecule has 2 heterocycles. The summed E-state index contributed by atoms with van der Waals surface area (Å²) in [7, 11) is -4.34. The monoisotopic (exact) mass is 768 g/mol. The molecule has 15 heteroatoms. The summed E-state index contributed by atoms with van der Waals surface area (Å²) in [6.45, 7) is 4.65. The van der Waals surface area contributed by atoms with Crippen LogP contribution in [0.5, 0.6) is 5.75 Å². The number of carbonyl (C=O) groups excluding carboxylic acids is 1. The third-order valence-corrected chi connectivity index (χ3v) is 10.8. The van der Waals surface area contributed by atoms with Crippen LogP contribution in [-0.4, -0.2) is 62.8 Å². The molecule has 1 aliphatic rings. The average Bonchev–Trinajstić information content (AvgIpc) is 3.33. The summed E-state index contributed by atoms with van der Waals surface area (Å²) >= 11 is 5.99. The second kappa shape index (κ2) is 22.4. The maximum absolute atomic E-state index is 14.0. The van der Waals surface area contributed by atoms with Gasteiger partial charge in [0.2, 0.25) is 0 Å². The van der Waals surface area contributed by atoms with E-state index in [1.165, 1.54) is 108 Å². The van der Waals surface area contributed by atoms with E-state index in [0.29, 0.717) is 11.4 Å². The summed E-state index contributed by atoms with van der Waals surface area (Å²) in [6.07, 6.45) is 18.1. The van der Waals surface area contributed by atoms with Crippen molar-refractivity contribution in [1.29, 1.82) is 0 Å². The highest BCUT2D eigenvalue weighted by atomic mass is 35.5. The van der Waals surface area contributed by atoms with E-state index in [1.807, 2.05) is 0 Å². The number of rotatable bonds is 25. The molecule has 1 unspecified atom stereocenters. The molecule has 0 aliphatic carbocycles. The molecule has 1 aromatic carbocycles. The minimum absolute atomic E-state index is 0.0265. The van der Waals surface area contributed by atoms with E-state index in [9.17, 15) is 24.4 Å². The first kappa shape index (κ1) is 43.6. The van der Waals surface area contributed by atoms with Gasteiger partial charge < -0.3 is 29.9 Å². The van der Waals surface area contributed by atoms with Crippen LogP contribution < -0.4 is 21.0 Å². The topological polar surface area (TPSA) is 184 Å². The zero-order chi connectivity index (χ0) is 38.0. The number of nitrogens with zero attached hydrogens (tertiary/aromatic N) is 2. The first-order chi connectivity index (χ1) is 24.9. The molecule has 52 heavy (non-hydrogen) atoms. The molecule has 3 rings (SSSR count). The Kier molecular flexibility index (Phi) is 18.8. The fraction of sp³-hybridized carbons (Fsp3) is 0.649. The smallest absolute Gasteiger partial charge is 0.459 e. The number of carbonyl (C=O) groups is 1. The van der Waals surface area contributed by atoms with E-state index < -0.39 is 56.1 Å². The number of nitrogens with two attached hydrogens (primary N) is 1. The maximum atomic E-state index is 14.0. The number of hydrogen-bond acceptors (Lipinski definition) is 11. The molecule has 0 radical (unpaired) electrons. The molecule has 13 nitrogen and oxygen atoms in total. The van der Waals surface area contributed by atoms with Crippen LogP contribution in [0.3, 0.4) is 0 Å². The molecule has 6 atom stereocenters. The Balaban J connectivity index is 1.43. The highest BCUT2D eigenvalue weighted by Gasteiger charge is 2.54. The molecule has 1 saturated heterocycles. The number of halogens is 1. The molecule has 2 aromatic rings. The van der Waals surface area contributed by atoms with Gasteiger partial charge in [0.05, 0.1) is 13.2 Å². The summed E-state index contributed by atoms with van der Waals surface area (Å²) in [5.74, 6) is -0.546. The fourth-order valence-corrected chi connectivity index (χ4v) is 7.44. The third kappa shape index (κ3) is 14.6. The van der Waals surface area contributed by atoms with Crippen molar-refractivity contribution in [3.05, 3.63) is 64.2 Å². The number of allylic oxidation sites excluding steroid dienone is 2. The molecule has 5 N–H and O–H groups in total. The fourth-order valence-electron chi connectivity index (χ4n) is 5.82. The number of esters is 1. The Labute approximate surface area is 312 Å². The first-order valence-electron chi connectivity index (χ1n) is 18.6. The SMILES string of the molecule is CCCCCCCC/C=C\CCCCCCCCOC(=O)[C@H](C)NP(=O)(OC[C@H]1O[C@@H](n2ccc(N)nc2=O)[C@](C)(O)[C@@H]1O)Oc1ccc(Cl)cc1. The number of anilines is 1. The molecule has 0 spiro atoms. The molecule has 0 amide bonds. The minimum Gasteiger partial charge on any atom is -0.465 e. The zero-order valence-electron chi connectivity index (χ0n) is 30.8. The Morgan fingerprint density at radius 2 is 1.65 bits per heavy atom. The number of unbranched alkanes of at least 4 members (excludes halogenated alkanes) is 12. The standard InChI is InChI=1S/C37H58ClN4O9P/c1-4-5-6-7-8-9-10-11-12-13-14-15-16-17-18-19-26-48-34(44)28(2)41-52(47,51-30-22-20-29(38)21-23-30)49-27-31-33(43)37(3,46)35(50-31)42-25-24-32(39)40-36(42)45/h11-12,20-25,28,31,33,35,43,46H,4-10,13-19,26-27H2,1-3H3,(H,41,47)(H2,39,40,45)/b12-11-/t28-,31+,33+,35+,37+,52?/m0/s1. The van der Waals surface area contributed by atoms with Gasteiger partial charge in [-0.05, 0) is 76.3 Å². The van der Waals surface area contributed by atoms with E-state index >= 15 is 0 Å². The second-order valence-corrected chi connectivity index (χ2v) is 15.7. The number of aliphatic hydroxyl groups excluding tert-OH is 1. The van der Waals surface area contributed by atoms with Crippen molar-refractivity contribution >= 4 is 31.1 Å². The van der Waals surface area contributed by atoms with Crippen molar-refractivity contribution in [3.63, 3.8) is 0 Å². The van der Waals surface area contributed by atoms with Gasteiger partial charge in [-0.1, -0.05) is 88.5 Å². The van der Waals surface area contributed by atoms with E-state index in [2.05, 4.69) is 29.1 Å². The Bertz CT molecular complexity index is 1490. The van der Waals surface area contributed by atoms with Crippen LogP contribution >= 0.6 is 19.3 Å². The van der Waals surface area contributed by atoms with Crippen LogP contribution in [0.25, 0.3) is 0 Å². The zero-order valence-corrected chi connectivity index (χ0v) is 32.4. The Morgan fingerprint density at radius 3 is 2.27 bits per heavy atom. The van der Waals surface area contributed by atoms with E-state index in [-0.39, 0.29) is 18.2 Å². The molecular weight excluding hydrogens is 711 g/mol. The van der Waals surface area contributed by atoms with Crippen molar-refractivity contribution in [2.75, 3.05) is 18.9 Å². The number of hydrogen-bond donors (Lipinski definition) is 4. The second-order valence-electron chi connectivity index (χ2n) is 13.5. The van der Waals surface area contributed by atoms with Crippen molar-refractivity contribution in [2.45, 2.75) is 141 Å². The Morgan fingerprint density at radius 1 is 1.06 bits per heavy atom. The average molecular weight is 769 g/mol. The molecule has 1 aliphatic heterocycles. The van der Waals surface area contributed by atoms with Gasteiger partial charge in [-0.15, -0.1) is 0 Å². The van der Waals surface area contributed by atoms with E-state index in [1.54, 1.807) is 0 Å². The first-order valence-corrected chi connectivity index (χ1v) is 20.5. The van der Waals surface area contributed by atoms with Gasteiger partial charge >= 0.3 is 19.4 Å². The quantitative estimate of drug-likeness (QED) is 0.0344. The van der Waals surface area contributed by atoms with Gasteiger partial charge in [0, 0.05) is 11.2 Å². The third-order valence-electron chi connectivity index (χ3n) is 8.91. The van der Waals surface area contributed by atoms with Gasteiger partial charge in [0.25, 0.3) is 0 Å². The van der Waals surface area contributed by atoms with Gasteiger partial charge in [0.15, 0.2) is 6.23 Å². The lowest BCUT2D eigenvalue weighted by atomic mass is 9.96. The highest BCUT2D eigenvalue weighted by molar-refractivity contribution is 7.52. The largest absolute Gasteiger partial charge is 0.465 e. The van der Waals surface area contributed by atoms with E-state index in [4.69, 9.17) is 35.9 Å². The van der Waals surface area contributed by atoms with Crippen molar-refractivity contribution in [3.8, 4) is 5.75 Å². The lowest BCUT2D eigenvalue weighted by molar-refractivity contribution is -0.145. The van der Waals surface area contributed by atoms with Crippen LogP contribution in [0.1, 0.15) is 117 Å². The van der Waals surface area contributed by atoms with Crippen LogP contribution in [0.15, 0.2) is 53.5 Å². The highest BCUT2D eigenvalue weighted by Crippen LogP contribution is 2.47. The number of benzene rings is 1. The van der Waals surface area contributed by atoms with E-state index in [0.717, 1.165) is 30.3 Å². The molecular formula is C37H58ClN4O9P. The number of ether oxygens (including phenoxy) is 2. The summed E-state index contributed by atoms with van der Waals surface area (Å²) in [4.78, 5) is 28.9. The minimum atomic E-state index is -4.34. The van der Waals surface area contributed by atoms with Crippen LogP contribution in [0.4, 0.5) is 5.82 Å². The molecule has 0 saturated carbocycles. The summed E-state index contributed by atoms with van der Waals surface area (Å²) < 4.78 is 37.6. The van der Waals surface area contributed by atoms with Gasteiger partial charge in [-0.3, -0.25) is 13.9 Å². The van der Waals surface area contributed by atoms with Crippen LogP contribution in [-0.2, 0) is 23.4 Å². The van der Waals surface area contributed by atoms with Gasteiger partial charge in [-0.25, -0.2) is 9.36 Å². The lowest BCUT2D eigenvalue weighted by Crippen LogP contribution is -2.46. The Hall–Kier alpha value is -2.77. The maximum Gasteiger partial charge on any atom is 0.459 e. The van der Waals surface area contributed by atoms with Crippen molar-refractivity contribution < 1.29 is 38.1 Å². The predicted octanol–water partition coefficient (Wildman–Crippen LogP) is 7.25. The molecule has 1 aromatic heterocycles. The molecule has 1 fully saturated rings.